The van der Waals surface area contributed by atoms with E-state index in [1.807, 2.05) is 18.2 Å². The number of ketones is 1. The lowest BCUT2D eigenvalue weighted by molar-refractivity contribution is 0.0839. The van der Waals surface area contributed by atoms with E-state index in [0.29, 0.717) is 6.61 Å². The molecule has 1 atom stereocenters. The summed E-state index contributed by atoms with van der Waals surface area (Å²) in [5.74, 6) is 1.24. The first kappa shape index (κ1) is 15.6. The normalized spacial score (nSPS) is 20.9. The van der Waals surface area contributed by atoms with Gasteiger partial charge in [0, 0.05) is 11.5 Å². The quantitative estimate of drug-likeness (QED) is 0.685. The maximum atomic E-state index is 12.7. The summed E-state index contributed by atoms with van der Waals surface area (Å²) in [6, 6.07) is 5.70. The van der Waals surface area contributed by atoms with Crippen LogP contribution in [0.15, 0.2) is 22.7 Å². The van der Waals surface area contributed by atoms with Crippen molar-refractivity contribution in [2.45, 2.75) is 46.5 Å². The summed E-state index contributed by atoms with van der Waals surface area (Å²) in [4.78, 5) is 12.7. The van der Waals surface area contributed by atoms with Gasteiger partial charge in [0.05, 0.1) is 11.1 Å². The van der Waals surface area contributed by atoms with Crippen molar-refractivity contribution in [1.82, 2.24) is 0 Å². The van der Waals surface area contributed by atoms with Crippen LogP contribution in [0, 0.1) is 11.3 Å². The number of halogens is 1. The number of hydrogen-bond acceptors (Lipinski definition) is 2. The predicted octanol–water partition coefficient (Wildman–Crippen LogP) is 5.25. The van der Waals surface area contributed by atoms with Crippen LogP contribution in [0.25, 0.3) is 0 Å². The van der Waals surface area contributed by atoms with Crippen LogP contribution < -0.4 is 4.74 Å². The summed E-state index contributed by atoms with van der Waals surface area (Å²) in [6.07, 6.45) is 4.28. The molecule has 0 bridgehead atoms. The molecule has 0 radical (unpaired) electrons. The summed E-state index contributed by atoms with van der Waals surface area (Å²) >= 11 is 3.51. The standard InChI is InChI=1S/C17H23BrO2/c1-4-10-20-15-8-7-12(11-14(15)18)16(19)13-6-5-9-17(13,2)3/h7-8,11,13H,4-6,9-10H2,1-3H3. The summed E-state index contributed by atoms with van der Waals surface area (Å²) < 4.78 is 6.50. The molecule has 0 spiro atoms. The van der Waals surface area contributed by atoms with Crippen molar-refractivity contribution in [1.29, 1.82) is 0 Å². The minimum absolute atomic E-state index is 0.126. The lowest BCUT2D eigenvalue weighted by atomic mass is 9.78. The number of carbonyl (C=O) groups is 1. The molecule has 20 heavy (non-hydrogen) atoms. The fraction of sp³-hybridized carbons (Fsp3) is 0.588. The first-order chi connectivity index (χ1) is 9.45. The third-order valence-electron chi connectivity index (χ3n) is 4.25. The van der Waals surface area contributed by atoms with E-state index >= 15 is 0 Å². The molecule has 0 aromatic heterocycles. The van der Waals surface area contributed by atoms with Crippen molar-refractivity contribution < 1.29 is 9.53 Å². The van der Waals surface area contributed by atoms with Crippen LogP contribution in [0.2, 0.25) is 0 Å². The molecular formula is C17H23BrO2. The average molecular weight is 339 g/mol. The topological polar surface area (TPSA) is 26.3 Å². The third-order valence-corrected chi connectivity index (χ3v) is 4.87. The maximum absolute atomic E-state index is 12.7. The zero-order chi connectivity index (χ0) is 14.8. The van der Waals surface area contributed by atoms with Crippen molar-refractivity contribution in [3.63, 3.8) is 0 Å². The van der Waals surface area contributed by atoms with Crippen molar-refractivity contribution in [2.24, 2.45) is 11.3 Å². The Morgan fingerprint density at radius 3 is 2.75 bits per heavy atom. The van der Waals surface area contributed by atoms with E-state index in [1.54, 1.807) is 0 Å². The first-order valence-electron chi connectivity index (χ1n) is 7.42. The Bertz CT molecular complexity index is 494. The van der Waals surface area contributed by atoms with Crippen LogP contribution in [0.3, 0.4) is 0 Å². The smallest absolute Gasteiger partial charge is 0.166 e. The zero-order valence-electron chi connectivity index (χ0n) is 12.5. The van der Waals surface area contributed by atoms with Gasteiger partial charge in [0.25, 0.3) is 0 Å². The zero-order valence-corrected chi connectivity index (χ0v) is 14.1. The highest BCUT2D eigenvalue weighted by atomic mass is 79.9. The molecule has 1 saturated carbocycles. The Morgan fingerprint density at radius 2 is 2.20 bits per heavy atom. The highest BCUT2D eigenvalue weighted by Crippen LogP contribution is 2.44. The summed E-state index contributed by atoms with van der Waals surface area (Å²) in [6.45, 7) is 7.18. The Kier molecular flexibility index (Phi) is 4.90. The Morgan fingerprint density at radius 1 is 1.45 bits per heavy atom. The average Bonchev–Trinajstić information content (AvgIpc) is 2.76. The number of benzene rings is 1. The molecular weight excluding hydrogens is 316 g/mol. The van der Waals surface area contributed by atoms with Gasteiger partial charge in [0.1, 0.15) is 5.75 Å². The molecule has 1 aliphatic rings. The summed E-state index contributed by atoms with van der Waals surface area (Å²) in [7, 11) is 0. The van der Waals surface area contributed by atoms with E-state index in [-0.39, 0.29) is 17.1 Å². The summed E-state index contributed by atoms with van der Waals surface area (Å²) in [5, 5.41) is 0. The van der Waals surface area contributed by atoms with Crippen molar-refractivity contribution in [2.75, 3.05) is 6.61 Å². The van der Waals surface area contributed by atoms with Crippen LogP contribution in [-0.4, -0.2) is 12.4 Å². The number of carbonyl (C=O) groups excluding carboxylic acids is 1. The number of ether oxygens (including phenoxy) is 1. The van der Waals surface area contributed by atoms with Crippen molar-refractivity contribution >= 4 is 21.7 Å². The van der Waals surface area contributed by atoms with Gasteiger partial charge in [-0.15, -0.1) is 0 Å². The second kappa shape index (κ2) is 6.30. The lowest BCUT2D eigenvalue weighted by Gasteiger charge is -2.25. The van der Waals surface area contributed by atoms with Crippen molar-refractivity contribution in [3.8, 4) is 5.75 Å². The molecule has 0 saturated heterocycles. The van der Waals surface area contributed by atoms with Crippen LogP contribution in [0.1, 0.15) is 56.8 Å². The van der Waals surface area contributed by atoms with Gasteiger partial charge < -0.3 is 4.74 Å². The van der Waals surface area contributed by atoms with Gasteiger partial charge in [-0.3, -0.25) is 4.79 Å². The van der Waals surface area contributed by atoms with Crippen molar-refractivity contribution in [3.05, 3.63) is 28.2 Å². The molecule has 0 amide bonds. The van der Waals surface area contributed by atoms with E-state index in [4.69, 9.17) is 4.74 Å². The lowest BCUT2D eigenvalue weighted by Crippen LogP contribution is -2.25. The molecule has 0 heterocycles. The van der Waals surface area contributed by atoms with Gasteiger partial charge in [-0.05, 0) is 58.8 Å². The highest BCUT2D eigenvalue weighted by Gasteiger charge is 2.39. The van der Waals surface area contributed by atoms with Gasteiger partial charge in [-0.2, -0.15) is 0 Å². The molecule has 2 rings (SSSR count). The highest BCUT2D eigenvalue weighted by molar-refractivity contribution is 9.10. The van der Waals surface area contributed by atoms with Crippen LogP contribution in [0.5, 0.6) is 5.75 Å². The van der Waals surface area contributed by atoms with Gasteiger partial charge in [0.15, 0.2) is 5.78 Å². The second-order valence-corrected chi connectivity index (χ2v) is 7.15. The number of Topliss-reactive ketones (excluding diaryl/α,β-unsaturated/α-hetero) is 1. The minimum Gasteiger partial charge on any atom is -0.492 e. The maximum Gasteiger partial charge on any atom is 0.166 e. The molecule has 2 nitrogen and oxygen atoms in total. The Labute approximate surface area is 130 Å². The third kappa shape index (κ3) is 3.25. The molecule has 110 valence electrons. The molecule has 3 heteroatoms. The number of rotatable bonds is 5. The molecule has 1 aromatic rings. The Hall–Kier alpha value is -0.830. The van der Waals surface area contributed by atoms with E-state index in [9.17, 15) is 4.79 Å². The fourth-order valence-electron chi connectivity index (χ4n) is 3.00. The SMILES string of the molecule is CCCOc1ccc(C(=O)C2CCCC2(C)C)cc1Br. The van der Waals surface area contributed by atoms with Gasteiger partial charge in [0.2, 0.25) is 0 Å². The van der Waals surface area contributed by atoms with Crippen LogP contribution in [0.4, 0.5) is 0 Å². The van der Waals surface area contributed by atoms with E-state index < -0.39 is 0 Å². The van der Waals surface area contributed by atoms with Gasteiger partial charge in [-0.1, -0.05) is 27.2 Å². The van der Waals surface area contributed by atoms with Crippen LogP contribution >= 0.6 is 15.9 Å². The van der Waals surface area contributed by atoms with E-state index in [2.05, 4.69) is 36.7 Å². The fourth-order valence-corrected chi connectivity index (χ4v) is 3.49. The summed E-state index contributed by atoms with van der Waals surface area (Å²) in [5.41, 5.74) is 0.918. The predicted molar refractivity (Wildman–Crippen MR) is 85.4 cm³/mol. The van der Waals surface area contributed by atoms with Gasteiger partial charge in [-0.25, -0.2) is 0 Å². The van der Waals surface area contributed by atoms with E-state index in [1.165, 1.54) is 0 Å². The van der Waals surface area contributed by atoms with E-state index in [0.717, 1.165) is 41.5 Å². The molecule has 1 unspecified atom stereocenters. The second-order valence-electron chi connectivity index (χ2n) is 6.29. The monoisotopic (exact) mass is 338 g/mol. The molecule has 1 aromatic carbocycles. The van der Waals surface area contributed by atoms with Crippen LogP contribution in [-0.2, 0) is 0 Å². The minimum atomic E-state index is 0.126. The van der Waals surface area contributed by atoms with Gasteiger partial charge >= 0.3 is 0 Å². The Balaban J connectivity index is 2.17. The molecule has 0 aliphatic heterocycles. The largest absolute Gasteiger partial charge is 0.492 e. The first-order valence-corrected chi connectivity index (χ1v) is 8.21. The number of hydrogen-bond donors (Lipinski definition) is 0. The molecule has 1 fully saturated rings. The molecule has 1 aliphatic carbocycles. The molecule has 0 N–H and O–H groups in total.